The lowest BCUT2D eigenvalue weighted by Gasteiger charge is -2.31. The number of nitrogens with one attached hydrogen (secondary N) is 2. The van der Waals surface area contributed by atoms with Gasteiger partial charge in [-0.15, -0.1) is 0 Å². The first-order chi connectivity index (χ1) is 24.9. The first kappa shape index (κ1) is 36.2. The van der Waals surface area contributed by atoms with Gasteiger partial charge in [-0.05, 0) is 70.5 Å². The minimum Gasteiger partial charge on any atom is -0.478 e. The maximum Gasteiger partial charge on any atom is 0.416 e. The Bertz CT molecular complexity index is 2000. The Morgan fingerprint density at radius 2 is 1.31 bits per heavy atom. The van der Waals surface area contributed by atoms with Crippen LogP contribution in [0.2, 0.25) is 0 Å². The van der Waals surface area contributed by atoms with Gasteiger partial charge in [0.05, 0.1) is 24.1 Å². The molecule has 2 N–H and O–H groups in total. The molecule has 0 radical (unpaired) electrons. The van der Waals surface area contributed by atoms with Crippen LogP contribution in [0, 0.1) is 0 Å². The van der Waals surface area contributed by atoms with E-state index in [0.717, 1.165) is 23.3 Å². The minimum absolute atomic E-state index is 0.270. The molecule has 1 aliphatic carbocycles. The molecule has 0 saturated heterocycles. The van der Waals surface area contributed by atoms with Gasteiger partial charge in [0.2, 0.25) is 11.8 Å². The van der Waals surface area contributed by atoms with Crippen molar-refractivity contribution >= 4 is 17.5 Å². The quantitative estimate of drug-likeness (QED) is 0.0996. The fourth-order valence-electron chi connectivity index (χ4n) is 6.64. The summed E-state index contributed by atoms with van der Waals surface area (Å²) in [5.41, 5.74) is 2.56. The van der Waals surface area contributed by atoms with E-state index in [4.69, 9.17) is 4.74 Å². The van der Waals surface area contributed by atoms with Crippen LogP contribution in [0.5, 0.6) is 5.88 Å². The zero-order valence-corrected chi connectivity index (χ0v) is 27.7. The van der Waals surface area contributed by atoms with Gasteiger partial charge < -0.3 is 15.4 Å². The SMILES string of the molecule is O=C(Nc1ccc(OCCCCCC2(C(=O)NCC(F)(F)F)c3ccccc3-c3ccccc32)nc1)c1ccccc1-c1ccc(C(F)(F)F)cc1. The van der Waals surface area contributed by atoms with E-state index in [-0.39, 0.29) is 5.56 Å². The summed E-state index contributed by atoms with van der Waals surface area (Å²) in [5, 5.41) is 4.90. The second-order valence-electron chi connectivity index (χ2n) is 12.4. The molecule has 6 rings (SSSR count). The molecule has 1 aliphatic rings. The second-order valence-corrected chi connectivity index (χ2v) is 12.4. The monoisotopic (exact) mass is 717 g/mol. The van der Waals surface area contributed by atoms with Gasteiger partial charge in [0.1, 0.15) is 12.0 Å². The molecule has 2 amide bonds. The van der Waals surface area contributed by atoms with E-state index < -0.39 is 41.7 Å². The molecule has 0 saturated carbocycles. The van der Waals surface area contributed by atoms with Crippen LogP contribution in [0.1, 0.15) is 52.7 Å². The molecular formula is C40H33F6N3O3. The lowest BCUT2D eigenvalue weighted by atomic mass is 9.73. The number of nitrogens with zero attached hydrogens (tertiary/aromatic N) is 1. The number of carbonyl (C=O) groups is 2. The molecule has 0 bridgehead atoms. The average molecular weight is 718 g/mol. The molecule has 12 heteroatoms. The number of ether oxygens (including phenoxy) is 1. The average Bonchev–Trinajstić information content (AvgIpc) is 3.42. The Morgan fingerprint density at radius 3 is 1.90 bits per heavy atom. The van der Waals surface area contributed by atoms with Gasteiger partial charge in [-0.3, -0.25) is 9.59 Å². The molecule has 5 aromatic rings. The molecule has 4 aromatic carbocycles. The zero-order chi connectivity index (χ0) is 36.9. The predicted molar refractivity (Wildman–Crippen MR) is 185 cm³/mol. The molecular weight excluding hydrogens is 684 g/mol. The standard InChI is InChI=1S/C40H33F6N3O3/c41-39(42,43)25-48-37(51)38(33-14-6-4-11-30(33)31-12-5-7-15-34(31)38)22-8-1-9-23-52-35-21-20-28(24-47-35)49-36(50)32-13-3-2-10-29(32)26-16-18-27(19-17-26)40(44,45)46/h2-7,10-21,24H,1,8-9,22-23,25H2,(H,48,51)(H,49,50). The Kier molecular flexibility index (Phi) is 10.4. The summed E-state index contributed by atoms with van der Waals surface area (Å²) in [4.78, 5) is 31.0. The summed E-state index contributed by atoms with van der Waals surface area (Å²) >= 11 is 0. The van der Waals surface area contributed by atoms with Crippen LogP contribution in [-0.4, -0.2) is 36.1 Å². The third-order valence-corrected chi connectivity index (χ3v) is 9.04. The van der Waals surface area contributed by atoms with Crippen molar-refractivity contribution in [2.75, 3.05) is 18.5 Å². The number of aromatic nitrogens is 1. The normalized spacial score (nSPS) is 13.2. The highest BCUT2D eigenvalue weighted by Crippen LogP contribution is 2.51. The zero-order valence-electron chi connectivity index (χ0n) is 27.7. The molecule has 0 aliphatic heterocycles. The molecule has 0 fully saturated rings. The number of alkyl halides is 6. The van der Waals surface area contributed by atoms with E-state index in [0.29, 0.717) is 66.1 Å². The number of pyridine rings is 1. The van der Waals surface area contributed by atoms with E-state index >= 15 is 0 Å². The van der Waals surface area contributed by atoms with Crippen molar-refractivity contribution in [3.8, 4) is 28.1 Å². The highest BCUT2D eigenvalue weighted by Gasteiger charge is 2.49. The maximum absolute atomic E-state index is 13.6. The van der Waals surface area contributed by atoms with Crippen molar-refractivity contribution in [2.45, 2.75) is 43.5 Å². The molecule has 0 unspecified atom stereocenters. The van der Waals surface area contributed by atoms with Gasteiger partial charge in [0, 0.05) is 11.6 Å². The largest absolute Gasteiger partial charge is 0.478 e. The summed E-state index contributed by atoms with van der Waals surface area (Å²) in [6, 6.07) is 29.0. The lowest BCUT2D eigenvalue weighted by molar-refractivity contribution is -0.141. The van der Waals surface area contributed by atoms with Gasteiger partial charge in [0.15, 0.2) is 0 Å². The summed E-state index contributed by atoms with van der Waals surface area (Å²) in [5.74, 6) is -0.842. The number of halogens is 6. The van der Waals surface area contributed by atoms with Gasteiger partial charge in [-0.2, -0.15) is 26.3 Å². The second kappa shape index (κ2) is 14.9. The Balaban J connectivity index is 1.04. The first-order valence-electron chi connectivity index (χ1n) is 16.6. The number of hydrogen-bond acceptors (Lipinski definition) is 4. The molecule has 1 heterocycles. The Morgan fingerprint density at radius 1 is 0.692 bits per heavy atom. The number of amides is 2. The van der Waals surface area contributed by atoms with Crippen molar-refractivity contribution in [1.29, 1.82) is 0 Å². The van der Waals surface area contributed by atoms with E-state index in [1.807, 2.05) is 24.3 Å². The van der Waals surface area contributed by atoms with Crippen molar-refractivity contribution in [3.63, 3.8) is 0 Å². The third kappa shape index (κ3) is 7.80. The van der Waals surface area contributed by atoms with Crippen molar-refractivity contribution < 1.29 is 40.7 Å². The summed E-state index contributed by atoms with van der Waals surface area (Å²) in [7, 11) is 0. The summed E-state index contributed by atoms with van der Waals surface area (Å²) in [6.45, 7) is -1.13. The summed E-state index contributed by atoms with van der Waals surface area (Å²) in [6.07, 6.45) is -5.53. The van der Waals surface area contributed by atoms with Crippen LogP contribution in [0.4, 0.5) is 32.0 Å². The van der Waals surface area contributed by atoms with E-state index in [1.54, 1.807) is 60.7 Å². The number of rotatable bonds is 12. The number of carbonyl (C=O) groups excluding carboxylic acids is 2. The predicted octanol–water partition coefficient (Wildman–Crippen LogP) is 9.60. The highest BCUT2D eigenvalue weighted by atomic mass is 19.4. The lowest BCUT2D eigenvalue weighted by Crippen LogP contribution is -2.47. The van der Waals surface area contributed by atoms with E-state index in [9.17, 15) is 35.9 Å². The molecule has 1 aromatic heterocycles. The van der Waals surface area contributed by atoms with Gasteiger partial charge in [0.25, 0.3) is 5.91 Å². The number of hydrogen-bond donors (Lipinski definition) is 2. The molecule has 52 heavy (non-hydrogen) atoms. The summed E-state index contributed by atoms with van der Waals surface area (Å²) < 4.78 is 84.2. The minimum atomic E-state index is -4.55. The van der Waals surface area contributed by atoms with Crippen LogP contribution >= 0.6 is 0 Å². The molecule has 6 nitrogen and oxygen atoms in total. The van der Waals surface area contributed by atoms with Crippen LogP contribution in [0.15, 0.2) is 115 Å². The smallest absolute Gasteiger partial charge is 0.416 e. The van der Waals surface area contributed by atoms with Crippen molar-refractivity contribution in [3.05, 3.63) is 138 Å². The molecule has 0 spiro atoms. The van der Waals surface area contributed by atoms with Crippen LogP contribution < -0.4 is 15.4 Å². The van der Waals surface area contributed by atoms with Gasteiger partial charge >= 0.3 is 12.4 Å². The number of fused-ring (bicyclic) bond motifs is 3. The van der Waals surface area contributed by atoms with Crippen molar-refractivity contribution in [2.24, 2.45) is 0 Å². The third-order valence-electron chi connectivity index (χ3n) is 9.04. The topological polar surface area (TPSA) is 80.3 Å². The number of benzene rings is 4. The van der Waals surface area contributed by atoms with Crippen LogP contribution in [0.3, 0.4) is 0 Å². The fraction of sp³-hybridized carbons (Fsp3) is 0.225. The first-order valence-corrected chi connectivity index (χ1v) is 16.6. The van der Waals surface area contributed by atoms with Crippen LogP contribution in [0.25, 0.3) is 22.3 Å². The number of unbranched alkanes of at least 4 members (excludes halogenated alkanes) is 2. The van der Waals surface area contributed by atoms with E-state index in [2.05, 4.69) is 15.6 Å². The highest BCUT2D eigenvalue weighted by molar-refractivity contribution is 6.08. The van der Waals surface area contributed by atoms with Crippen molar-refractivity contribution in [1.82, 2.24) is 10.3 Å². The van der Waals surface area contributed by atoms with E-state index in [1.165, 1.54) is 18.3 Å². The number of anilines is 1. The fourth-order valence-corrected chi connectivity index (χ4v) is 6.64. The van der Waals surface area contributed by atoms with Crippen LogP contribution in [-0.2, 0) is 16.4 Å². The molecule has 0 atom stereocenters. The molecule has 268 valence electrons. The maximum atomic E-state index is 13.6. The van der Waals surface area contributed by atoms with Gasteiger partial charge in [-0.1, -0.05) is 91.7 Å². The Hall–Kier alpha value is -5.65. The Labute approximate surface area is 295 Å². The van der Waals surface area contributed by atoms with Gasteiger partial charge in [-0.25, -0.2) is 4.98 Å².